The van der Waals surface area contributed by atoms with Gasteiger partial charge in [0.1, 0.15) is 4.88 Å². The van der Waals surface area contributed by atoms with E-state index in [9.17, 15) is 9.59 Å². The summed E-state index contributed by atoms with van der Waals surface area (Å²) < 4.78 is 4.82. The summed E-state index contributed by atoms with van der Waals surface area (Å²) in [5.41, 5.74) is 1.51. The van der Waals surface area contributed by atoms with Crippen LogP contribution in [-0.4, -0.2) is 29.0 Å². The highest BCUT2D eigenvalue weighted by Crippen LogP contribution is 2.37. The smallest absolute Gasteiger partial charge is 0.358 e. The van der Waals surface area contributed by atoms with Crippen LogP contribution in [0.2, 0.25) is 5.02 Å². The monoisotopic (exact) mass is 421 g/mol. The lowest BCUT2D eigenvalue weighted by Gasteiger charge is -2.02. The minimum atomic E-state index is -0.593. The van der Waals surface area contributed by atoms with E-state index < -0.39 is 5.97 Å². The van der Waals surface area contributed by atoms with Gasteiger partial charge in [0.2, 0.25) is 0 Å². The average molecular weight is 422 g/mol. The molecule has 0 saturated heterocycles. The van der Waals surface area contributed by atoms with Crippen LogP contribution in [0.4, 0.5) is 5.13 Å². The van der Waals surface area contributed by atoms with Gasteiger partial charge in [-0.1, -0.05) is 48.1 Å². The zero-order chi connectivity index (χ0) is 19.6. The van der Waals surface area contributed by atoms with Crippen molar-refractivity contribution in [2.45, 2.75) is 20.3 Å². The molecular weight excluding hydrogens is 406 g/mol. The number of thiazole rings is 2. The highest BCUT2D eigenvalue weighted by atomic mass is 35.5. The number of carbonyl (C=O) groups excluding carboxylic acids is 2. The van der Waals surface area contributed by atoms with Gasteiger partial charge in [-0.05, 0) is 19.4 Å². The zero-order valence-corrected chi connectivity index (χ0v) is 17.2. The standard InChI is InChI=1S/C18H16ClN3O3S2/c1-4-12-15(26-9(2)20-12)16(23)22-18-21-13(17(24)25-3)14(27-18)10-7-5-6-8-11(10)19/h5-8H,4H2,1-3H3,(H,21,22,23). The highest BCUT2D eigenvalue weighted by molar-refractivity contribution is 7.19. The van der Waals surface area contributed by atoms with E-state index in [0.717, 1.165) is 10.7 Å². The van der Waals surface area contributed by atoms with Crippen LogP contribution in [0.5, 0.6) is 0 Å². The number of halogens is 1. The number of benzene rings is 1. The first-order valence-corrected chi connectivity index (χ1v) is 10.1. The van der Waals surface area contributed by atoms with Crippen molar-refractivity contribution in [3.8, 4) is 10.4 Å². The van der Waals surface area contributed by atoms with Crippen molar-refractivity contribution in [3.63, 3.8) is 0 Å². The van der Waals surface area contributed by atoms with Gasteiger partial charge in [0, 0.05) is 10.6 Å². The summed E-state index contributed by atoms with van der Waals surface area (Å²) in [4.78, 5) is 34.5. The molecule has 0 radical (unpaired) electrons. The second-order valence-corrected chi connectivity index (χ2v) is 8.09. The molecule has 0 saturated carbocycles. The summed E-state index contributed by atoms with van der Waals surface area (Å²) >= 11 is 8.76. The fourth-order valence-electron chi connectivity index (χ4n) is 2.48. The van der Waals surface area contributed by atoms with E-state index in [1.54, 1.807) is 18.2 Å². The molecular formula is C18H16ClN3O3S2. The van der Waals surface area contributed by atoms with Gasteiger partial charge in [0.15, 0.2) is 10.8 Å². The molecule has 6 nitrogen and oxygen atoms in total. The van der Waals surface area contributed by atoms with E-state index in [1.807, 2.05) is 19.9 Å². The van der Waals surface area contributed by atoms with E-state index in [0.29, 0.717) is 31.9 Å². The molecule has 0 aliphatic heterocycles. The Hall–Kier alpha value is -2.29. The normalized spacial score (nSPS) is 10.7. The van der Waals surface area contributed by atoms with Crippen molar-refractivity contribution >= 4 is 51.3 Å². The Morgan fingerprint density at radius 3 is 2.63 bits per heavy atom. The van der Waals surface area contributed by atoms with Gasteiger partial charge in [0.05, 0.1) is 22.7 Å². The predicted molar refractivity (Wildman–Crippen MR) is 108 cm³/mol. The molecule has 140 valence electrons. The van der Waals surface area contributed by atoms with Crippen molar-refractivity contribution in [2.75, 3.05) is 12.4 Å². The average Bonchev–Trinajstić information content (AvgIpc) is 3.24. The van der Waals surface area contributed by atoms with Gasteiger partial charge in [-0.2, -0.15) is 0 Å². The molecule has 0 bridgehead atoms. The number of aromatic nitrogens is 2. The van der Waals surface area contributed by atoms with Crippen molar-refractivity contribution in [2.24, 2.45) is 0 Å². The molecule has 0 spiro atoms. The molecule has 3 aromatic rings. The van der Waals surface area contributed by atoms with Crippen LogP contribution in [0.1, 0.15) is 37.8 Å². The van der Waals surface area contributed by atoms with Crippen LogP contribution >= 0.6 is 34.3 Å². The third-order valence-electron chi connectivity index (χ3n) is 3.69. The van der Waals surface area contributed by atoms with Crippen molar-refractivity contribution < 1.29 is 14.3 Å². The van der Waals surface area contributed by atoms with Crippen LogP contribution in [0.3, 0.4) is 0 Å². The third kappa shape index (κ3) is 4.02. The Morgan fingerprint density at radius 1 is 1.22 bits per heavy atom. The lowest BCUT2D eigenvalue weighted by Crippen LogP contribution is -2.12. The van der Waals surface area contributed by atoms with E-state index in [-0.39, 0.29) is 11.6 Å². The number of hydrogen-bond acceptors (Lipinski definition) is 7. The van der Waals surface area contributed by atoms with Crippen molar-refractivity contribution in [1.82, 2.24) is 9.97 Å². The maximum atomic E-state index is 12.7. The van der Waals surface area contributed by atoms with Crippen molar-refractivity contribution in [1.29, 1.82) is 0 Å². The number of anilines is 1. The van der Waals surface area contributed by atoms with E-state index in [4.69, 9.17) is 16.3 Å². The van der Waals surface area contributed by atoms with E-state index in [1.165, 1.54) is 29.8 Å². The molecule has 3 rings (SSSR count). The molecule has 0 aliphatic rings. The van der Waals surface area contributed by atoms with Gasteiger partial charge in [-0.15, -0.1) is 11.3 Å². The molecule has 1 aromatic carbocycles. The number of rotatable bonds is 5. The number of esters is 1. The molecule has 9 heteroatoms. The number of nitrogens with zero attached hydrogens (tertiary/aromatic N) is 2. The first-order chi connectivity index (χ1) is 12.9. The van der Waals surface area contributed by atoms with Crippen LogP contribution in [0.15, 0.2) is 24.3 Å². The van der Waals surface area contributed by atoms with Crippen molar-refractivity contribution in [3.05, 3.63) is 50.6 Å². The predicted octanol–water partition coefficient (Wildman–Crippen LogP) is 4.83. The number of hydrogen-bond donors (Lipinski definition) is 1. The SMILES string of the molecule is CCc1nc(C)sc1C(=O)Nc1nc(C(=O)OC)c(-c2ccccc2Cl)s1. The first-order valence-electron chi connectivity index (χ1n) is 8.06. The molecule has 0 fully saturated rings. The zero-order valence-electron chi connectivity index (χ0n) is 14.8. The third-order valence-corrected chi connectivity index (χ3v) is 6.04. The molecule has 2 aromatic heterocycles. The molecule has 0 aliphatic carbocycles. The second-order valence-electron chi connectivity index (χ2n) is 5.48. The Bertz CT molecular complexity index is 1010. The summed E-state index contributed by atoms with van der Waals surface area (Å²) in [5.74, 6) is -0.891. The maximum absolute atomic E-state index is 12.7. The topological polar surface area (TPSA) is 81.2 Å². The van der Waals surface area contributed by atoms with Crippen LogP contribution in [0, 0.1) is 6.92 Å². The number of aryl methyl sites for hydroxylation is 2. The summed E-state index contributed by atoms with van der Waals surface area (Å²) in [6.45, 7) is 3.80. The Balaban J connectivity index is 1.98. The molecule has 0 unspecified atom stereocenters. The summed E-state index contributed by atoms with van der Waals surface area (Å²) in [5, 5.41) is 4.36. The molecule has 1 N–H and O–H groups in total. The summed E-state index contributed by atoms with van der Waals surface area (Å²) in [6, 6.07) is 7.12. The van der Waals surface area contributed by atoms with Crippen LogP contribution in [-0.2, 0) is 11.2 Å². The molecule has 27 heavy (non-hydrogen) atoms. The summed E-state index contributed by atoms with van der Waals surface area (Å²) in [7, 11) is 1.28. The van der Waals surface area contributed by atoms with E-state index in [2.05, 4.69) is 15.3 Å². The Labute approximate surface area is 169 Å². The molecule has 0 atom stereocenters. The Kier molecular flexibility index (Phi) is 5.88. The van der Waals surface area contributed by atoms with Crippen LogP contribution in [0.25, 0.3) is 10.4 Å². The van der Waals surface area contributed by atoms with Crippen LogP contribution < -0.4 is 5.32 Å². The number of methoxy groups -OCH3 is 1. The molecule has 1 amide bonds. The lowest BCUT2D eigenvalue weighted by molar-refractivity contribution is 0.0595. The fraction of sp³-hybridized carbons (Fsp3) is 0.222. The fourth-order valence-corrected chi connectivity index (χ4v) is 4.65. The van der Waals surface area contributed by atoms with Gasteiger partial charge < -0.3 is 4.74 Å². The lowest BCUT2D eigenvalue weighted by atomic mass is 10.1. The van der Waals surface area contributed by atoms with Gasteiger partial charge in [-0.25, -0.2) is 14.8 Å². The van der Waals surface area contributed by atoms with Gasteiger partial charge >= 0.3 is 5.97 Å². The number of carbonyl (C=O) groups is 2. The minimum Gasteiger partial charge on any atom is -0.464 e. The molecule has 2 heterocycles. The number of ether oxygens (including phenoxy) is 1. The minimum absolute atomic E-state index is 0.113. The largest absolute Gasteiger partial charge is 0.464 e. The Morgan fingerprint density at radius 2 is 1.96 bits per heavy atom. The summed E-state index contributed by atoms with van der Waals surface area (Å²) in [6.07, 6.45) is 0.656. The maximum Gasteiger partial charge on any atom is 0.358 e. The quantitative estimate of drug-likeness (QED) is 0.596. The van der Waals surface area contributed by atoms with Gasteiger partial charge in [-0.3, -0.25) is 10.1 Å². The highest BCUT2D eigenvalue weighted by Gasteiger charge is 2.24. The van der Waals surface area contributed by atoms with E-state index >= 15 is 0 Å². The first kappa shape index (κ1) is 19.5. The van der Waals surface area contributed by atoms with Gasteiger partial charge in [0.25, 0.3) is 5.91 Å². The second kappa shape index (κ2) is 8.16. The number of amides is 1. The number of nitrogens with one attached hydrogen (secondary N) is 1.